The minimum Gasteiger partial charge on any atom is -1.00 e. The van der Waals surface area contributed by atoms with Crippen LogP contribution < -0.4 is 35.9 Å². The number of nitrogens with zero attached hydrogens (tertiary/aromatic N) is 1. The Morgan fingerprint density at radius 2 is 1.85 bits per heavy atom. The summed E-state index contributed by atoms with van der Waals surface area (Å²) in [5.41, 5.74) is 4.91. The summed E-state index contributed by atoms with van der Waals surface area (Å²) in [5, 5.41) is 0. The van der Waals surface area contributed by atoms with E-state index in [1.54, 1.807) is 14.2 Å². The van der Waals surface area contributed by atoms with Crippen molar-refractivity contribution in [3.8, 4) is 23.0 Å². The molecule has 2 aliphatic rings. The second-order valence-electron chi connectivity index (χ2n) is 6.27. The van der Waals surface area contributed by atoms with Crippen LogP contribution in [0.15, 0.2) is 30.3 Å². The lowest BCUT2D eigenvalue weighted by atomic mass is 9.96. The zero-order valence-corrected chi connectivity index (χ0v) is 16.8. The molecule has 0 radical (unpaired) electrons. The second kappa shape index (κ2) is 7.58. The van der Waals surface area contributed by atoms with E-state index in [-0.39, 0.29) is 17.0 Å². The lowest BCUT2D eigenvalue weighted by Crippen LogP contribution is -3.00. The second-order valence-corrected chi connectivity index (χ2v) is 6.27. The van der Waals surface area contributed by atoms with Crippen molar-refractivity contribution in [2.45, 2.75) is 19.9 Å². The Bertz CT molecular complexity index is 863. The third kappa shape index (κ3) is 3.14. The molecule has 2 heterocycles. The van der Waals surface area contributed by atoms with Gasteiger partial charge < -0.3 is 35.9 Å². The summed E-state index contributed by atoms with van der Waals surface area (Å²) in [4.78, 5) is 0. The zero-order valence-electron chi connectivity index (χ0n) is 15.2. The van der Waals surface area contributed by atoms with Crippen LogP contribution in [0.3, 0.4) is 0 Å². The molecular weight excluding hydrogens is 398 g/mol. The molecular formula is C20H22BrNO4. The SMILES string of the molecule is COc1cccc(C[N+]2=C(C)c3cc4c(cc3CC2)OCO4)c1OC.[Br-]. The van der Waals surface area contributed by atoms with Crippen molar-refractivity contribution < 1.29 is 40.5 Å². The lowest BCUT2D eigenvalue weighted by Gasteiger charge is -2.18. The number of rotatable bonds is 4. The van der Waals surface area contributed by atoms with Crippen molar-refractivity contribution in [3.63, 3.8) is 0 Å². The van der Waals surface area contributed by atoms with Crippen molar-refractivity contribution >= 4 is 5.71 Å². The van der Waals surface area contributed by atoms with Crippen molar-refractivity contribution in [1.29, 1.82) is 0 Å². The molecule has 0 saturated carbocycles. The van der Waals surface area contributed by atoms with Crippen LogP contribution in [-0.4, -0.2) is 37.8 Å². The Balaban J connectivity index is 0.00000196. The summed E-state index contributed by atoms with van der Waals surface area (Å²) in [6, 6.07) is 10.2. The highest BCUT2D eigenvalue weighted by Gasteiger charge is 2.27. The fourth-order valence-electron chi connectivity index (χ4n) is 3.60. The van der Waals surface area contributed by atoms with E-state index in [1.165, 1.54) is 16.8 Å². The summed E-state index contributed by atoms with van der Waals surface area (Å²) in [5.74, 6) is 3.25. The van der Waals surface area contributed by atoms with Gasteiger partial charge in [0.2, 0.25) is 6.79 Å². The van der Waals surface area contributed by atoms with E-state index in [9.17, 15) is 0 Å². The highest BCUT2D eigenvalue weighted by molar-refractivity contribution is 5.97. The first-order chi connectivity index (χ1) is 12.2. The van der Waals surface area contributed by atoms with Gasteiger partial charge in [0.05, 0.1) is 19.8 Å². The Hall–Kier alpha value is -2.21. The molecule has 5 nitrogen and oxygen atoms in total. The maximum absolute atomic E-state index is 5.58. The van der Waals surface area contributed by atoms with Gasteiger partial charge in [0, 0.05) is 18.9 Å². The van der Waals surface area contributed by atoms with Crippen molar-refractivity contribution in [1.82, 2.24) is 0 Å². The number of fused-ring (bicyclic) bond motifs is 2. The van der Waals surface area contributed by atoms with Crippen LogP contribution in [0.25, 0.3) is 0 Å². The highest BCUT2D eigenvalue weighted by atomic mass is 79.9. The number of benzene rings is 2. The van der Waals surface area contributed by atoms with Gasteiger partial charge in [-0.25, -0.2) is 4.58 Å². The molecule has 0 N–H and O–H groups in total. The van der Waals surface area contributed by atoms with Gasteiger partial charge >= 0.3 is 0 Å². The standard InChI is InChI=1S/C20H22NO4.BrH/c1-13-16-10-19-18(24-12-25-19)9-14(16)7-8-21(13)11-15-5-4-6-17(22-2)20(15)23-3;/h4-6,9-10H,7-8,11-12H2,1-3H3;1H/q+1;/p-1. The predicted molar refractivity (Wildman–Crippen MR) is 94.4 cm³/mol. The summed E-state index contributed by atoms with van der Waals surface area (Å²) in [6.07, 6.45) is 0.982. The quantitative estimate of drug-likeness (QED) is 0.654. The van der Waals surface area contributed by atoms with Crippen LogP contribution in [0, 0.1) is 0 Å². The van der Waals surface area contributed by atoms with Crippen LogP contribution >= 0.6 is 0 Å². The smallest absolute Gasteiger partial charge is 0.231 e. The molecule has 0 atom stereocenters. The molecule has 0 aromatic heterocycles. The van der Waals surface area contributed by atoms with Gasteiger partial charge in [-0.2, -0.15) is 0 Å². The van der Waals surface area contributed by atoms with Crippen molar-refractivity contribution in [2.24, 2.45) is 0 Å². The number of hydrogen-bond donors (Lipinski definition) is 0. The molecule has 0 fully saturated rings. The largest absolute Gasteiger partial charge is 1.00 e. The molecule has 0 unspecified atom stereocenters. The van der Waals surface area contributed by atoms with Crippen molar-refractivity contribution in [2.75, 3.05) is 27.6 Å². The molecule has 0 saturated heterocycles. The molecule has 0 amide bonds. The summed E-state index contributed by atoms with van der Waals surface area (Å²) < 4.78 is 24.4. The monoisotopic (exact) mass is 419 g/mol. The number of para-hydroxylation sites is 1. The third-order valence-electron chi connectivity index (χ3n) is 4.96. The van der Waals surface area contributed by atoms with Crippen LogP contribution in [-0.2, 0) is 13.0 Å². The van der Waals surface area contributed by atoms with E-state index in [0.717, 1.165) is 48.1 Å². The van der Waals surface area contributed by atoms with Gasteiger partial charge in [-0.05, 0) is 29.8 Å². The van der Waals surface area contributed by atoms with Crippen LogP contribution in [0.5, 0.6) is 23.0 Å². The molecule has 0 aliphatic carbocycles. The molecule has 138 valence electrons. The molecule has 2 aliphatic heterocycles. The molecule has 2 aromatic rings. The van der Waals surface area contributed by atoms with E-state index in [2.05, 4.69) is 29.7 Å². The van der Waals surface area contributed by atoms with Crippen LogP contribution in [0.4, 0.5) is 0 Å². The number of ether oxygens (including phenoxy) is 4. The molecule has 6 heteroatoms. The lowest BCUT2D eigenvalue weighted by molar-refractivity contribution is -0.545. The minimum absolute atomic E-state index is 0. The Morgan fingerprint density at radius 3 is 2.58 bits per heavy atom. The first-order valence-electron chi connectivity index (χ1n) is 8.42. The Morgan fingerprint density at radius 1 is 1.08 bits per heavy atom. The van der Waals surface area contributed by atoms with E-state index in [0.29, 0.717) is 6.79 Å². The van der Waals surface area contributed by atoms with E-state index < -0.39 is 0 Å². The van der Waals surface area contributed by atoms with Gasteiger partial charge in [0.15, 0.2) is 35.3 Å². The fraction of sp³-hybridized carbons (Fsp3) is 0.350. The van der Waals surface area contributed by atoms with Gasteiger partial charge in [-0.1, -0.05) is 6.07 Å². The van der Waals surface area contributed by atoms with E-state index >= 15 is 0 Å². The fourth-order valence-corrected chi connectivity index (χ4v) is 3.60. The number of hydrogen-bond acceptors (Lipinski definition) is 4. The zero-order chi connectivity index (χ0) is 17.4. The van der Waals surface area contributed by atoms with Gasteiger partial charge in [-0.3, -0.25) is 0 Å². The summed E-state index contributed by atoms with van der Waals surface area (Å²) >= 11 is 0. The summed E-state index contributed by atoms with van der Waals surface area (Å²) in [7, 11) is 3.35. The first-order valence-corrected chi connectivity index (χ1v) is 8.42. The number of halogens is 1. The number of methoxy groups -OCH3 is 2. The van der Waals surface area contributed by atoms with E-state index in [4.69, 9.17) is 18.9 Å². The highest BCUT2D eigenvalue weighted by Crippen LogP contribution is 2.37. The molecule has 0 spiro atoms. The topological polar surface area (TPSA) is 39.9 Å². The van der Waals surface area contributed by atoms with E-state index in [1.807, 2.05) is 12.1 Å². The minimum atomic E-state index is 0. The average Bonchev–Trinajstić information content (AvgIpc) is 3.10. The summed E-state index contributed by atoms with van der Waals surface area (Å²) in [6.45, 7) is 4.20. The molecule has 2 aromatic carbocycles. The van der Waals surface area contributed by atoms with Gasteiger partial charge in [0.1, 0.15) is 6.54 Å². The molecule has 4 rings (SSSR count). The normalized spacial score (nSPS) is 14.6. The maximum Gasteiger partial charge on any atom is 0.231 e. The first kappa shape index (κ1) is 18.6. The van der Waals surface area contributed by atoms with Crippen LogP contribution in [0.2, 0.25) is 0 Å². The van der Waals surface area contributed by atoms with Crippen molar-refractivity contribution in [3.05, 3.63) is 47.0 Å². The molecule has 26 heavy (non-hydrogen) atoms. The average molecular weight is 420 g/mol. The van der Waals surface area contributed by atoms with Crippen LogP contribution in [0.1, 0.15) is 23.6 Å². The molecule has 0 bridgehead atoms. The third-order valence-corrected chi connectivity index (χ3v) is 4.96. The Kier molecular flexibility index (Phi) is 5.41. The predicted octanol–water partition coefficient (Wildman–Crippen LogP) is 0.0143. The maximum atomic E-state index is 5.58. The van der Waals surface area contributed by atoms with Gasteiger partial charge in [0.25, 0.3) is 0 Å². The Labute approximate surface area is 163 Å². The van der Waals surface area contributed by atoms with Gasteiger partial charge in [-0.15, -0.1) is 0 Å².